The summed E-state index contributed by atoms with van der Waals surface area (Å²) in [7, 11) is 0. The maximum atomic E-state index is 11.8. The number of carbonyl (C=O) groups excluding carboxylic acids is 1. The summed E-state index contributed by atoms with van der Waals surface area (Å²) in [6, 6.07) is 0.253. The van der Waals surface area contributed by atoms with Crippen molar-refractivity contribution in [2.45, 2.75) is 44.2 Å². The number of amides is 1. The topological polar surface area (TPSA) is 73.6 Å². The van der Waals surface area contributed by atoms with Crippen LogP contribution in [0.5, 0.6) is 0 Å². The molecule has 1 aliphatic heterocycles. The summed E-state index contributed by atoms with van der Waals surface area (Å²) in [5.74, 6) is 0.422. The van der Waals surface area contributed by atoms with Crippen molar-refractivity contribution in [1.82, 2.24) is 5.32 Å². The third-order valence-corrected chi connectivity index (χ3v) is 3.91. The summed E-state index contributed by atoms with van der Waals surface area (Å²) in [4.78, 5) is 11.8. The molecule has 0 bridgehead atoms. The van der Waals surface area contributed by atoms with E-state index in [0.717, 1.165) is 45.3 Å². The fraction of sp³-hybridized carbons (Fsp3) is 0.923. The highest BCUT2D eigenvalue weighted by Gasteiger charge is 2.27. The van der Waals surface area contributed by atoms with Crippen molar-refractivity contribution in [3.8, 4) is 0 Å². The van der Waals surface area contributed by atoms with Gasteiger partial charge in [-0.3, -0.25) is 4.79 Å². The first kappa shape index (κ1) is 13.8. The zero-order valence-electron chi connectivity index (χ0n) is 10.9. The fourth-order valence-corrected chi connectivity index (χ4v) is 2.79. The molecule has 104 valence electrons. The van der Waals surface area contributed by atoms with Crippen LogP contribution in [0.4, 0.5) is 0 Å². The molecular weight excluding hydrogens is 232 g/mol. The van der Waals surface area contributed by atoms with Gasteiger partial charge in [-0.05, 0) is 38.1 Å². The van der Waals surface area contributed by atoms with Crippen LogP contribution >= 0.6 is 0 Å². The molecule has 0 aromatic rings. The molecular formula is C13H24N2O3. The van der Waals surface area contributed by atoms with E-state index in [1.807, 2.05) is 0 Å². The highest BCUT2D eigenvalue weighted by Crippen LogP contribution is 2.27. The summed E-state index contributed by atoms with van der Waals surface area (Å²) >= 11 is 0. The van der Waals surface area contributed by atoms with Gasteiger partial charge in [0.2, 0.25) is 5.91 Å². The molecule has 5 heteroatoms. The summed E-state index contributed by atoms with van der Waals surface area (Å²) in [5.41, 5.74) is 5.69. The summed E-state index contributed by atoms with van der Waals surface area (Å²) in [6.45, 7) is 2.30. The second-order valence-electron chi connectivity index (χ2n) is 5.23. The fourth-order valence-electron chi connectivity index (χ4n) is 2.79. The van der Waals surface area contributed by atoms with E-state index in [9.17, 15) is 4.79 Å². The van der Waals surface area contributed by atoms with Gasteiger partial charge in [0.25, 0.3) is 0 Å². The molecule has 18 heavy (non-hydrogen) atoms. The Morgan fingerprint density at radius 1 is 1.28 bits per heavy atom. The van der Waals surface area contributed by atoms with Crippen LogP contribution in [0.3, 0.4) is 0 Å². The summed E-state index contributed by atoms with van der Waals surface area (Å²) in [6.07, 6.45) is 5.31. The van der Waals surface area contributed by atoms with Crippen LogP contribution in [0.1, 0.15) is 32.1 Å². The maximum Gasteiger partial charge on any atom is 0.246 e. The second kappa shape index (κ2) is 7.07. The van der Waals surface area contributed by atoms with E-state index < -0.39 is 0 Å². The van der Waals surface area contributed by atoms with Gasteiger partial charge in [-0.25, -0.2) is 0 Å². The molecule has 1 aliphatic carbocycles. The van der Waals surface area contributed by atoms with Gasteiger partial charge in [0.05, 0.1) is 6.10 Å². The predicted octanol–water partition coefficient (Wildman–Crippen LogP) is 0.426. The lowest BCUT2D eigenvalue weighted by Crippen LogP contribution is -2.41. The first-order valence-corrected chi connectivity index (χ1v) is 6.98. The van der Waals surface area contributed by atoms with E-state index in [2.05, 4.69) is 5.32 Å². The minimum Gasteiger partial charge on any atom is -0.381 e. The zero-order valence-corrected chi connectivity index (χ0v) is 10.9. The number of nitrogens with two attached hydrogens (primary N) is 1. The van der Waals surface area contributed by atoms with E-state index >= 15 is 0 Å². The quantitative estimate of drug-likeness (QED) is 0.748. The number of ether oxygens (including phenoxy) is 2. The Morgan fingerprint density at radius 3 is 2.78 bits per heavy atom. The Balaban J connectivity index is 1.64. The van der Waals surface area contributed by atoms with Crippen LogP contribution in [0.15, 0.2) is 0 Å². The average Bonchev–Trinajstić information content (AvgIpc) is 2.85. The summed E-state index contributed by atoms with van der Waals surface area (Å²) in [5, 5.41) is 3.00. The number of hydrogen-bond donors (Lipinski definition) is 2. The number of rotatable bonds is 5. The third kappa shape index (κ3) is 3.93. The summed E-state index contributed by atoms with van der Waals surface area (Å²) < 4.78 is 10.9. The van der Waals surface area contributed by atoms with Gasteiger partial charge < -0.3 is 20.5 Å². The molecule has 0 aromatic carbocycles. The van der Waals surface area contributed by atoms with Crippen LogP contribution in [0, 0.1) is 5.92 Å². The van der Waals surface area contributed by atoms with Crippen molar-refractivity contribution < 1.29 is 14.3 Å². The van der Waals surface area contributed by atoms with Crippen LogP contribution in [-0.4, -0.2) is 44.4 Å². The van der Waals surface area contributed by atoms with Crippen LogP contribution in [0.2, 0.25) is 0 Å². The van der Waals surface area contributed by atoms with Gasteiger partial charge in [-0.1, -0.05) is 6.42 Å². The minimum atomic E-state index is -0.00966. The minimum absolute atomic E-state index is 0.00966. The monoisotopic (exact) mass is 256 g/mol. The van der Waals surface area contributed by atoms with Gasteiger partial charge in [0.1, 0.15) is 6.61 Å². The number of nitrogens with one attached hydrogen (secondary N) is 1. The standard InChI is InChI=1S/C13H24N2O3/c14-8-10-2-1-3-12(10)18-9-13(16)15-11-4-6-17-7-5-11/h10-12H,1-9,14H2,(H,15,16). The lowest BCUT2D eigenvalue weighted by molar-refractivity contribution is -0.129. The van der Waals surface area contributed by atoms with Gasteiger partial charge in [-0.15, -0.1) is 0 Å². The van der Waals surface area contributed by atoms with E-state index in [-0.39, 0.29) is 24.7 Å². The number of carbonyl (C=O) groups is 1. The van der Waals surface area contributed by atoms with Crippen molar-refractivity contribution in [3.63, 3.8) is 0 Å². The molecule has 2 unspecified atom stereocenters. The molecule has 1 amide bonds. The van der Waals surface area contributed by atoms with Gasteiger partial charge in [0, 0.05) is 19.3 Å². The maximum absolute atomic E-state index is 11.8. The molecule has 2 aliphatic rings. The molecule has 5 nitrogen and oxygen atoms in total. The second-order valence-corrected chi connectivity index (χ2v) is 5.23. The van der Waals surface area contributed by atoms with Crippen molar-refractivity contribution in [3.05, 3.63) is 0 Å². The Kier molecular flexibility index (Phi) is 5.41. The SMILES string of the molecule is NCC1CCCC1OCC(=O)NC1CCOCC1. The van der Waals surface area contributed by atoms with Gasteiger partial charge >= 0.3 is 0 Å². The molecule has 1 heterocycles. The normalized spacial score (nSPS) is 29.4. The first-order valence-electron chi connectivity index (χ1n) is 6.98. The largest absolute Gasteiger partial charge is 0.381 e. The van der Waals surface area contributed by atoms with E-state index in [1.54, 1.807) is 0 Å². The van der Waals surface area contributed by atoms with Crippen molar-refractivity contribution in [1.29, 1.82) is 0 Å². The Labute approximate surface area is 108 Å². The van der Waals surface area contributed by atoms with E-state index in [0.29, 0.717) is 12.5 Å². The lowest BCUT2D eigenvalue weighted by Gasteiger charge is -2.24. The molecule has 0 radical (unpaired) electrons. The Bertz CT molecular complexity index is 267. The van der Waals surface area contributed by atoms with E-state index in [4.69, 9.17) is 15.2 Å². The predicted molar refractivity (Wildman–Crippen MR) is 68.1 cm³/mol. The molecule has 0 aromatic heterocycles. The highest BCUT2D eigenvalue weighted by atomic mass is 16.5. The van der Waals surface area contributed by atoms with Crippen LogP contribution in [0.25, 0.3) is 0 Å². The molecule has 2 atom stereocenters. The van der Waals surface area contributed by atoms with Gasteiger partial charge in [0.15, 0.2) is 0 Å². The zero-order chi connectivity index (χ0) is 12.8. The molecule has 2 rings (SSSR count). The molecule has 3 N–H and O–H groups in total. The Morgan fingerprint density at radius 2 is 2.06 bits per heavy atom. The van der Waals surface area contributed by atoms with Crippen molar-refractivity contribution >= 4 is 5.91 Å². The average molecular weight is 256 g/mol. The first-order chi connectivity index (χ1) is 8.79. The van der Waals surface area contributed by atoms with E-state index in [1.165, 1.54) is 0 Å². The van der Waals surface area contributed by atoms with Crippen LogP contribution < -0.4 is 11.1 Å². The van der Waals surface area contributed by atoms with Gasteiger partial charge in [-0.2, -0.15) is 0 Å². The molecule has 0 spiro atoms. The highest BCUT2D eigenvalue weighted by molar-refractivity contribution is 5.77. The number of hydrogen-bond acceptors (Lipinski definition) is 4. The molecule has 1 saturated heterocycles. The smallest absolute Gasteiger partial charge is 0.246 e. The molecule has 2 fully saturated rings. The third-order valence-electron chi connectivity index (χ3n) is 3.91. The Hall–Kier alpha value is -0.650. The lowest BCUT2D eigenvalue weighted by atomic mass is 10.1. The van der Waals surface area contributed by atoms with Crippen molar-refractivity contribution in [2.75, 3.05) is 26.4 Å². The molecule has 1 saturated carbocycles. The van der Waals surface area contributed by atoms with Crippen LogP contribution in [-0.2, 0) is 14.3 Å². The van der Waals surface area contributed by atoms with Crippen molar-refractivity contribution in [2.24, 2.45) is 11.7 Å².